The first kappa shape index (κ1) is 8.37. The number of fused-ring (bicyclic) bond motifs is 1. The Morgan fingerprint density at radius 2 is 2.42 bits per heavy atom. The van der Waals surface area contributed by atoms with Gasteiger partial charge in [-0.25, -0.2) is 9.37 Å². The molecule has 0 aliphatic carbocycles. The molecule has 1 aliphatic heterocycles. The lowest BCUT2D eigenvalue weighted by atomic mass is 10.3. The van der Waals surface area contributed by atoms with E-state index in [-0.39, 0.29) is 26.2 Å². The van der Waals surface area contributed by atoms with E-state index in [9.17, 15) is 4.39 Å². The lowest BCUT2D eigenvalue weighted by Crippen LogP contribution is -2.02. The molecule has 64 valence electrons. The van der Waals surface area contributed by atoms with Crippen LogP contribution in [0.25, 0.3) is 0 Å². The van der Waals surface area contributed by atoms with Gasteiger partial charge in [-0.1, -0.05) is 11.6 Å². The first-order valence-corrected chi connectivity index (χ1v) is 5.84. The third-order valence-corrected chi connectivity index (χ3v) is 4.05. The van der Waals surface area contributed by atoms with Gasteiger partial charge in [0.1, 0.15) is 5.82 Å². The van der Waals surface area contributed by atoms with Crippen LogP contribution in [0.15, 0.2) is 6.07 Å². The minimum absolute atomic E-state index is 0.0418. The summed E-state index contributed by atoms with van der Waals surface area (Å²) in [6.45, 7) is 0. The Labute approximate surface area is 84.5 Å². The van der Waals surface area contributed by atoms with E-state index in [1.54, 1.807) is 0 Å². The minimum Gasteiger partial charge on any atom is -0.307 e. The Morgan fingerprint density at radius 1 is 1.67 bits per heavy atom. The van der Waals surface area contributed by atoms with E-state index in [2.05, 4.69) is 4.98 Å². The molecule has 0 aromatic carbocycles. The lowest BCUT2D eigenvalue weighted by molar-refractivity contribution is 0.622. The fraction of sp³-hybridized carbons (Fsp3) is 0.143. The second-order valence-corrected chi connectivity index (χ2v) is 5.34. The van der Waals surface area contributed by atoms with Crippen LogP contribution in [0.2, 0.25) is 5.15 Å². The van der Waals surface area contributed by atoms with Crippen LogP contribution < -0.4 is 3.11 Å². The van der Waals surface area contributed by atoms with Crippen LogP contribution in [0, 0.1) is 5.82 Å². The fourth-order valence-electron chi connectivity index (χ4n) is 0.971. The third-order valence-electron chi connectivity index (χ3n) is 1.55. The Balaban J connectivity index is 2.62. The summed E-state index contributed by atoms with van der Waals surface area (Å²) in [5.41, 5.74) is 0.868. The molecular weight excluding hydrogens is 293 g/mol. The summed E-state index contributed by atoms with van der Waals surface area (Å²) in [5.74, 6) is 0.361. The van der Waals surface area contributed by atoms with E-state index in [1.165, 1.54) is 6.07 Å². The highest BCUT2D eigenvalue weighted by Crippen LogP contribution is 2.31. The third kappa shape index (κ3) is 1.22. The van der Waals surface area contributed by atoms with Gasteiger partial charge in [0.2, 0.25) is 0 Å². The molecular formula is C7H5ClFIN2. The zero-order chi connectivity index (χ0) is 8.72. The van der Waals surface area contributed by atoms with Crippen molar-refractivity contribution in [1.82, 2.24) is 4.98 Å². The number of halogens is 3. The van der Waals surface area contributed by atoms with Gasteiger partial charge in [0.15, 0.2) is 11.0 Å². The number of nitrogens with zero attached hydrogens (tertiary/aromatic N) is 2. The second-order valence-electron chi connectivity index (χ2n) is 2.36. The number of aromatic nitrogens is 1. The van der Waals surface area contributed by atoms with Crippen molar-refractivity contribution >= 4 is 42.4 Å². The molecule has 0 atom stereocenters. The predicted octanol–water partition coefficient (Wildman–Crippen LogP) is 2.36. The molecule has 0 N–H and O–H groups in total. The van der Waals surface area contributed by atoms with E-state index < -0.39 is 5.82 Å². The molecule has 0 saturated heterocycles. The first-order chi connectivity index (χ1) is 5.68. The smallest absolute Gasteiger partial charge is 0.167 e. The zero-order valence-electron chi connectivity index (χ0n) is 6.18. The molecule has 0 fully saturated rings. The predicted molar refractivity (Wildman–Crippen MR) is 56.8 cm³/mol. The molecule has 0 unspecified atom stereocenters. The normalized spacial score (nSPS) is 14.4. The topological polar surface area (TPSA) is 16.1 Å². The Bertz CT molecular complexity index is 367. The van der Waals surface area contributed by atoms with Crippen LogP contribution in [0.5, 0.6) is 0 Å². The van der Waals surface area contributed by atoms with Crippen molar-refractivity contribution in [3.8, 4) is 0 Å². The van der Waals surface area contributed by atoms with E-state index in [4.69, 9.17) is 11.6 Å². The summed E-state index contributed by atoms with van der Waals surface area (Å²) in [6.07, 6.45) is 0. The fourth-order valence-corrected chi connectivity index (χ4v) is 2.93. The Hall–Kier alpha value is -0.230. The van der Waals surface area contributed by atoms with Gasteiger partial charge in [-0.3, -0.25) is 0 Å². The van der Waals surface area contributed by atoms with Crippen molar-refractivity contribution in [3.05, 3.63) is 22.6 Å². The molecule has 0 bridgehead atoms. The van der Waals surface area contributed by atoms with Crippen molar-refractivity contribution in [1.29, 1.82) is 0 Å². The molecule has 2 rings (SSSR count). The van der Waals surface area contributed by atoms with E-state index in [0.29, 0.717) is 0 Å². The van der Waals surface area contributed by atoms with Gasteiger partial charge in [0.05, 0.1) is 0 Å². The molecule has 0 spiro atoms. The number of hydrogen-bond donors (Lipinski definition) is 0. The van der Waals surface area contributed by atoms with E-state index in [1.807, 2.05) is 14.2 Å². The number of hydrogen-bond acceptors (Lipinski definition) is 2. The maximum absolute atomic E-state index is 12.9. The van der Waals surface area contributed by atoms with Gasteiger partial charge < -0.3 is 3.11 Å². The summed E-state index contributed by atoms with van der Waals surface area (Å²) in [6, 6.07) is 1.44. The molecule has 0 amide bonds. The van der Waals surface area contributed by atoms with Gasteiger partial charge in [0.25, 0.3) is 0 Å². The van der Waals surface area contributed by atoms with Gasteiger partial charge in [-0.2, -0.15) is 0 Å². The number of rotatable bonds is 0. The maximum atomic E-state index is 12.9. The monoisotopic (exact) mass is 298 g/mol. The molecule has 2 heterocycles. The van der Waals surface area contributed by atoms with Crippen LogP contribution in [-0.4, -0.2) is 16.0 Å². The summed E-state index contributed by atoms with van der Waals surface area (Å²) >= 11 is 5.39. The van der Waals surface area contributed by atoms with Gasteiger partial charge in [-0.05, 0) is 10.1 Å². The van der Waals surface area contributed by atoms with Crippen LogP contribution >= 0.6 is 32.6 Å². The van der Waals surface area contributed by atoms with E-state index in [0.717, 1.165) is 11.4 Å². The van der Waals surface area contributed by atoms with Crippen LogP contribution in [-0.2, 0) is 0 Å². The largest absolute Gasteiger partial charge is 0.307 e. The van der Waals surface area contributed by atoms with Crippen molar-refractivity contribution in [3.63, 3.8) is 0 Å². The molecule has 12 heavy (non-hydrogen) atoms. The van der Waals surface area contributed by atoms with Crippen LogP contribution in [0.1, 0.15) is 5.56 Å². The average Bonchev–Trinajstić information content (AvgIpc) is 2.35. The second kappa shape index (κ2) is 2.92. The van der Waals surface area contributed by atoms with Crippen molar-refractivity contribution < 1.29 is 4.39 Å². The van der Waals surface area contributed by atoms with Crippen LogP contribution in [0.4, 0.5) is 10.2 Å². The zero-order valence-corrected chi connectivity index (χ0v) is 9.10. The van der Waals surface area contributed by atoms with Crippen LogP contribution in [0.3, 0.4) is 0 Å². The quantitative estimate of drug-likeness (QED) is 0.415. The molecule has 0 saturated carbocycles. The molecule has 0 radical (unpaired) electrons. The van der Waals surface area contributed by atoms with E-state index >= 15 is 0 Å². The first-order valence-electron chi connectivity index (χ1n) is 3.25. The standard InChI is InChI=1S/C7H5ClFIN2/c1-12-7-4(3-10-12)2-5(9)6(8)11-7/h2-3H,1H3. The number of anilines is 1. The van der Waals surface area contributed by atoms with Gasteiger partial charge in [-0.15, -0.1) is 0 Å². The highest BCUT2D eigenvalue weighted by molar-refractivity contribution is 14.2. The lowest BCUT2D eigenvalue weighted by Gasteiger charge is -2.08. The van der Waals surface area contributed by atoms with Crippen molar-refractivity contribution in [2.45, 2.75) is 0 Å². The Morgan fingerprint density at radius 3 is 3.17 bits per heavy atom. The molecule has 1 aromatic rings. The molecule has 1 aliphatic rings. The molecule has 2 nitrogen and oxygen atoms in total. The number of pyridine rings is 1. The SMILES string of the molecule is CN1I=Cc2cc(F)c(Cl)nc21. The average molecular weight is 298 g/mol. The van der Waals surface area contributed by atoms with Crippen molar-refractivity contribution in [2.75, 3.05) is 10.2 Å². The highest BCUT2D eigenvalue weighted by atomic mass is 127. The summed E-state index contributed by atoms with van der Waals surface area (Å²) in [4.78, 5) is 3.95. The Kier molecular flexibility index (Phi) is 2.04. The van der Waals surface area contributed by atoms with Crippen molar-refractivity contribution in [2.24, 2.45) is 0 Å². The maximum Gasteiger partial charge on any atom is 0.167 e. The minimum atomic E-state index is -0.439. The molecule has 5 heteroatoms. The molecule has 1 aromatic heterocycles. The van der Waals surface area contributed by atoms with Gasteiger partial charge in [0, 0.05) is 33.6 Å². The highest BCUT2D eigenvalue weighted by Gasteiger charge is 2.15. The summed E-state index contributed by atoms with van der Waals surface area (Å²) in [5, 5.41) is -0.0418. The summed E-state index contributed by atoms with van der Waals surface area (Å²) in [7, 11) is 1.94. The van der Waals surface area contributed by atoms with Gasteiger partial charge >= 0.3 is 0 Å². The summed E-state index contributed by atoms with van der Waals surface area (Å²) < 4.78 is 16.9.